The number of rotatable bonds is 3. The lowest BCUT2D eigenvalue weighted by Gasteiger charge is -2.12. The van der Waals surface area contributed by atoms with Gasteiger partial charge in [-0.05, 0) is 20.0 Å². The van der Waals surface area contributed by atoms with Gasteiger partial charge in [0, 0.05) is 19.1 Å². The Labute approximate surface area is 61.4 Å². The largest absolute Gasteiger partial charge is 0.316 e. The van der Waals surface area contributed by atoms with Crippen LogP contribution in [0, 0.1) is 0 Å². The third-order valence-electron chi connectivity index (χ3n) is 2.08. The molecule has 1 rings (SSSR count). The Kier molecular flexibility index (Phi) is 3.09. The lowest BCUT2D eigenvalue weighted by atomic mass is 10.3. The van der Waals surface area contributed by atoms with E-state index in [1.165, 1.54) is 0 Å². The summed E-state index contributed by atoms with van der Waals surface area (Å²) in [6.45, 7) is 2.46. The highest BCUT2D eigenvalue weighted by Gasteiger charge is 2.19. The summed E-state index contributed by atoms with van der Waals surface area (Å²) in [6.07, 6.45) is 1.16. The smallest absolute Gasteiger partial charge is 0.102 e. The molecule has 1 unspecified atom stereocenters. The Morgan fingerprint density at radius 3 is 3.00 bits per heavy atom. The van der Waals surface area contributed by atoms with Gasteiger partial charge in [-0.15, -0.1) is 0 Å². The standard InChI is InChI=1S/C7H15FN2/c1-9-7-2-4-10(6-7)5-3-8/h7,9H,2-6H2,1H3. The average molecular weight is 146 g/mol. The van der Waals surface area contributed by atoms with Crippen molar-refractivity contribution in [2.75, 3.05) is 33.4 Å². The van der Waals surface area contributed by atoms with E-state index in [1.807, 2.05) is 7.05 Å². The minimum atomic E-state index is -0.212. The lowest BCUT2D eigenvalue weighted by molar-refractivity contribution is 0.291. The summed E-state index contributed by atoms with van der Waals surface area (Å²) >= 11 is 0. The molecule has 10 heavy (non-hydrogen) atoms. The first-order valence-electron chi connectivity index (χ1n) is 3.82. The van der Waals surface area contributed by atoms with Crippen molar-refractivity contribution in [3.63, 3.8) is 0 Å². The van der Waals surface area contributed by atoms with Gasteiger partial charge in [0.05, 0.1) is 0 Å². The van der Waals surface area contributed by atoms with Gasteiger partial charge in [0.25, 0.3) is 0 Å². The maximum Gasteiger partial charge on any atom is 0.102 e. The first-order chi connectivity index (χ1) is 4.86. The molecule has 0 spiro atoms. The Bertz CT molecular complexity index is 97.6. The van der Waals surface area contributed by atoms with Crippen LogP contribution in [0.2, 0.25) is 0 Å². The fourth-order valence-corrected chi connectivity index (χ4v) is 1.39. The van der Waals surface area contributed by atoms with Crippen molar-refractivity contribution < 1.29 is 4.39 Å². The number of likely N-dealkylation sites (tertiary alicyclic amines) is 1. The highest BCUT2D eigenvalue weighted by atomic mass is 19.1. The molecule has 1 fully saturated rings. The third kappa shape index (κ3) is 1.92. The number of halogens is 1. The topological polar surface area (TPSA) is 15.3 Å². The molecule has 0 aromatic heterocycles. The van der Waals surface area contributed by atoms with Crippen LogP contribution in [0.1, 0.15) is 6.42 Å². The molecule has 1 aliphatic rings. The molecule has 2 nitrogen and oxygen atoms in total. The number of hydrogen-bond donors (Lipinski definition) is 1. The second-order valence-electron chi connectivity index (χ2n) is 2.76. The van der Waals surface area contributed by atoms with Crippen molar-refractivity contribution >= 4 is 0 Å². The molecule has 0 bridgehead atoms. The molecule has 1 atom stereocenters. The Balaban J connectivity index is 2.15. The molecule has 0 aliphatic carbocycles. The number of likely N-dealkylation sites (N-methyl/N-ethyl adjacent to an activating group) is 1. The van der Waals surface area contributed by atoms with Crippen LogP contribution in [0.4, 0.5) is 4.39 Å². The molecular formula is C7H15FN2. The molecule has 0 aromatic carbocycles. The van der Waals surface area contributed by atoms with Gasteiger partial charge in [-0.2, -0.15) is 0 Å². The van der Waals surface area contributed by atoms with E-state index >= 15 is 0 Å². The Morgan fingerprint density at radius 2 is 2.50 bits per heavy atom. The highest BCUT2D eigenvalue weighted by molar-refractivity contribution is 4.79. The normalized spacial score (nSPS) is 27.6. The maximum absolute atomic E-state index is 11.8. The molecule has 0 radical (unpaired) electrons. The minimum absolute atomic E-state index is 0.212. The highest BCUT2D eigenvalue weighted by Crippen LogP contribution is 2.07. The van der Waals surface area contributed by atoms with E-state index in [0.29, 0.717) is 12.6 Å². The van der Waals surface area contributed by atoms with Crippen LogP contribution in [-0.2, 0) is 0 Å². The zero-order chi connectivity index (χ0) is 7.40. The van der Waals surface area contributed by atoms with Gasteiger partial charge in [-0.25, -0.2) is 4.39 Å². The van der Waals surface area contributed by atoms with Crippen LogP contribution in [0.5, 0.6) is 0 Å². The summed E-state index contributed by atoms with van der Waals surface area (Å²) in [6, 6.07) is 0.589. The second-order valence-corrected chi connectivity index (χ2v) is 2.76. The SMILES string of the molecule is CNC1CCN(CCF)C1. The number of nitrogens with zero attached hydrogens (tertiary/aromatic N) is 1. The summed E-state index contributed by atoms with van der Waals surface area (Å²) in [5.41, 5.74) is 0. The van der Waals surface area contributed by atoms with Gasteiger partial charge in [-0.3, -0.25) is 4.90 Å². The molecule has 0 aromatic rings. The number of nitrogens with one attached hydrogen (secondary N) is 1. The van der Waals surface area contributed by atoms with Gasteiger partial charge in [0.2, 0.25) is 0 Å². The first-order valence-corrected chi connectivity index (χ1v) is 3.82. The minimum Gasteiger partial charge on any atom is -0.316 e. The summed E-state index contributed by atoms with van der Waals surface area (Å²) in [7, 11) is 1.96. The lowest BCUT2D eigenvalue weighted by Crippen LogP contribution is -2.30. The first kappa shape index (κ1) is 7.95. The van der Waals surface area contributed by atoms with Crippen molar-refractivity contribution in [1.82, 2.24) is 10.2 Å². The van der Waals surface area contributed by atoms with Crippen LogP contribution in [0.3, 0.4) is 0 Å². The summed E-state index contributed by atoms with van der Waals surface area (Å²) < 4.78 is 11.8. The van der Waals surface area contributed by atoms with E-state index < -0.39 is 0 Å². The molecule has 1 heterocycles. The zero-order valence-corrected chi connectivity index (χ0v) is 6.44. The number of alkyl halides is 1. The van der Waals surface area contributed by atoms with Gasteiger partial charge in [-0.1, -0.05) is 0 Å². The van der Waals surface area contributed by atoms with Crippen LogP contribution in [0.25, 0.3) is 0 Å². The van der Waals surface area contributed by atoms with E-state index in [9.17, 15) is 4.39 Å². The summed E-state index contributed by atoms with van der Waals surface area (Å²) in [5, 5.41) is 3.19. The third-order valence-corrected chi connectivity index (χ3v) is 2.08. The molecule has 1 aliphatic heterocycles. The van der Waals surface area contributed by atoms with Crippen LogP contribution < -0.4 is 5.32 Å². The summed E-state index contributed by atoms with van der Waals surface area (Å²) in [5.74, 6) is 0. The molecule has 1 N–H and O–H groups in total. The zero-order valence-electron chi connectivity index (χ0n) is 6.44. The van der Waals surface area contributed by atoms with Crippen molar-refractivity contribution in [2.24, 2.45) is 0 Å². The molecule has 3 heteroatoms. The second kappa shape index (κ2) is 3.88. The van der Waals surface area contributed by atoms with E-state index in [-0.39, 0.29) is 6.67 Å². The van der Waals surface area contributed by atoms with Crippen molar-refractivity contribution in [3.8, 4) is 0 Å². The Hall–Kier alpha value is -0.150. The quantitative estimate of drug-likeness (QED) is 0.614. The molecule has 0 saturated carbocycles. The average Bonchev–Trinajstić information content (AvgIpc) is 2.37. The molecule has 1 saturated heterocycles. The molecule has 0 amide bonds. The van der Waals surface area contributed by atoms with E-state index in [2.05, 4.69) is 10.2 Å². The van der Waals surface area contributed by atoms with Crippen molar-refractivity contribution in [1.29, 1.82) is 0 Å². The fraction of sp³-hybridized carbons (Fsp3) is 1.00. The van der Waals surface area contributed by atoms with Gasteiger partial charge < -0.3 is 5.32 Å². The van der Waals surface area contributed by atoms with E-state index in [4.69, 9.17) is 0 Å². The summed E-state index contributed by atoms with van der Waals surface area (Å²) in [4.78, 5) is 2.15. The van der Waals surface area contributed by atoms with E-state index in [0.717, 1.165) is 19.5 Å². The van der Waals surface area contributed by atoms with Crippen LogP contribution in [0.15, 0.2) is 0 Å². The van der Waals surface area contributed by atoms with E-state index in [1.54, 1.807) is 0 Å². The predicted octanol–water partition coefficient (Wildman–Crippen LogP) is 0.250. The van der Waals surface area contributed by atoms with Crippen LogP contribution in [-0.4, -0.2) is 44.3 Å². The van der Waals surface area contributed by atoms with Crippen molar-refractivity contribution in [3.05, 3.63) is 0 Å². The molecule has 60 valence electrons. The Morgan fingerprint density at radius 1 is 1.70 bits per heavy atom. The predicted molar refractivity (Wildman–Crippen MR) is 39.9 cm³/mol. The molecular weight excluding hydrogens is 131 g/mol. The van der Waals surface area contributed by atoms with Gasteiger partial charge in [0.1, 0.15) is 6.67 Å². The van der Waals surface area contributed by atoms with Gasteiger partial charge in [0.15, 0.2) is 0 Å². The van der Waals surface area contributed by atoms with Gasteiger partial charge >= 0.3 is 0 Å². The van der Waals surface area contributed by atoms with Crippen LogP contribution >= 0.6 is 0 Å². The fourth-order valence-electron chi connectivity index (χ4n) is 1.39. The maximum atomic E-state index is 11.8. The number of hydrogen-bond acceptors (Lipinski definition) is 2. The monoisotopic (exact) mass is 146 g/mol. The van der Waals surface area contributed by atoms with Crippen molar-refractivity contribution in [2.45, 2.75) is 12.5 Å².